The van der Waals surface area contributed by atoms with Crippen molar-refractivity contribution in [1.29, 1.82) is 0 Å². The lowest BCUT2D eigenvalue weighted by molar-refractivity contribution is -0.124. The van der Waals surface area contributed by atoms with Gasteiger partial charge in [-0.1, -0.05) is 0 Å². The number of nitrogens with zero attached hydrogens (tertiary/aromatic N) is 3. The molecule has 1 N–H and O–H groups in total. The number of rotatable bonds is 4. The smallest absolute Gasteiger partial charge is 0.254 e. The molecule has 142 valence electrons. The molecule has 2 aliphatic rings. The van der Waals surface area contributed by atoms with Crippen LogP contribution in [0, 0.1) is 5.82 Å². The minimum absolute atomic E-state index is 0.124. The molecule has 0 saturated carbocycles. The molecule has 3 heterocycles. The fraction of sp³-hybridized carbons (Fsp3) is 0.400. The summed E-state index contributed by atoms with van der Waals surface area (Å²) in [6.45, 7) is 4.10. The molecule has 1 aromatic heterocycles. The Balaban J connectivity index is 1.32. The van der Waals surface area contributed by atoms with Crippen LogP contribution in [-0.2, 0) is 9.53 Å². The SMILES string of the molecule is O=C(Nc1ccc(N2CCN(c3ccc(F)cc3)CC2)cn1)C1CCCO1. The van der Waals surface area contributed by atoms with Crippen molar-refractivity contribution < 1.29 is 13.9 Å². The van der Waals surface area contributed by atoms with Crippen LogP contribution in [0.4, 0.5) is 21.6 Å². The highest BCUT2D eigenvalue weighted by Crippen LogP contribution is 2.21. The lowest BCUT2D eigenvalue weighted by atomic mass is 10.2. The summed E-state index contributed by atoms with van der Waals surface area (Å²) in [6, 6.07) is 10.4. The predicted octanol–water partition coefficient (Wildman–Crippen LogP) is 2.66. The summed E-state index contributed by atoms with van der Waals surface area (Å²) in [5, 5.41) is 2.81. The van der Waals surface area contributed by atoms with Crippen LogP contribution in [-0.4, -0.2) is 49.8 Å². The molecule has 2 saturated heterocycles. The molecule has 27 heavy (non-hydrogen) atoms. The topological polar surface area (TPSA) is 57.7 Å². The third-order valence-electron chi connectivity index (χ3n) is 5.06. The Kier molecular flexibility index (Phi) is 5.20. The number of amides is 1. The number of hydrogen-bond acceptors (Lipinski definition) is 5. The summed E-state index contributed by atoms with van der Waals surface area (Å²) >= 11 is 0. The maximum atomic E-state index is 13.1. The van der Waals surface area contributed by atoms with Gasteiger partial charge in [0.2, 0.25) is 0 Å². The van der Waals surface area contributed by atoms with Gasteiger partial charge in [0.1, 0.15) is 17.7 Å². The second-order valence-corrected chi connectivity index (χ2v) is 6.84. The van der Waals surface area contributed by atoms with Crippen molar-refractivity contribution in [3.8, 4) is 0 Å². The zero-order valence-electron chi connectivity index (χ0n) is 15.1. The maximum Gasteiger partial charge on any atom is 0.254 e. The summed E-state index contributed by atoms with van der Waals surface area (Å²) in [5.41, 5.74) is 2.07. The molecule has 2 aromatic rings. The van der Waals surface area contributed by atoms with Gasteiger partial charge in [0, 0.05) is 38.5 Å². The quantitative estimate of drug-likeness (QED) is 0.897. The standard InChI is InChI=1S/C20H23FN4O2/c21-15-3-5-16(6-4-15)24-9-11-25(12-10-24)17-7-8-19(22-14-17)23-20(26)18-2-1-13-27-18/h3-8,14,18H,1-2,9-13H2,(H,22,23,26). The minimum Gasteiger partial charge on any atom is -0.368 e. The first kappa shape index (κ1) is 17.7. The lowest BCUT2D eigenvalue weighted by Gasteiger charge is -2.37. The van der Waals surface area contributed by atoms with Crippen molar-refractivity contribution in [3.05, 3.63) is 48.4 Å². The minimum atomic E-state index is -0.356. The van der Waals surface area contributed by atoms with E-state index in [1.54, 1.807) is 6.20 Å². The number of carbonyl (C=O) groups excluding carboxylic acids is 1. The van der Waals surface area contributed by atoms with Gasteiger partial charge >= 0.3 is 0 Å². The fourth-order valence-electron chi connectivity index (χ4n) is 3.51. The van der Waals surface area contributed by atoms with Gasteiger partial charge in [-0.3, -0.25) is 4.79 Å². The number of pyridine rings is 1. The van der Waals surface area contributed by atoms with E-state index in [1.807, 2.05) is 24.3 Å². The first-order valence-electron chi connectivity index (χ1n) is 9.33. The van der Waals surface area contributed by atoms with E-state index in [0.717, 1.165) is 50.4 Å². The molecule has 2 aliphatic heterocycles. The monoisotopic (exact) mass is 370 g/mol. The normalized spacial score (nSPS) is 20.0. The van der Waals surface area contributed by atoms with Gasteiger partial charge in [-0.05, 0) is 49.2 Å². The maximum absolute atomic E-state index is 13.1. The second-order valence-electron chi connectivity index (χ2n) is 6.84. The van der Waals surface area contributed by atoms with Crippen LogP contribution in [0.5, 0.6) is 0 Å². The van der Waals surface area contributed by atoms with Crippen LogP contribution in [0.3, 0.4) is 0 Å². The van der Waals surface area contributed by atoms with Gasteiger partial charge in [0.15, 0.2) is 0 Å². The van der Waals surface area contributed by atoms with E-state index in [1.165, 1.54) is 12.1 Å². The van der Waals surface area contributed by atoms with Crippen LogP contribution in [0.25, 0.3) is 0 Å². The molecule has 4 rings (SSSR count). The number of nitrogens with one attached hydrogen (secondary N) is 1. The van der Waals surface area contributed by atoms with E-state index in [4.69, 9.17) is 4.74 Å². The summed E-state index contributed by atoms with van der Waals surface area (Å²) in [7, 11) is 0. The number of hydrogen-bond donors (Lipinski definition) is 1. The number of ether oxygens (including phenoxy) is 1. The van der Waals surface area contributed by atoms with E-state index >= 15 is 0 Å². The number of piperazine rings is 1. The second kappa shape index (κ2) is 7.92. The Labute approximate surface area is 157 Å². The van der Waals surface area contributed by atoms with Gasteiger partial charge in [-0.2, -0.15) is 0 Å². The van der Waals surface area contributed by atoms with Crippen molar-refractivity contribution in [2.24, 2.45) is 0 Å². The predicted molar refractivity (Wildman–Crippen MR) is 103 cm³/mol. The number of anilines is 3. The Bertz CT molecular complexity index is 768. The molecule has 1 aromatic carbocycles. The van der Waals surface area contributed by atoms with E-state index in [-0.39, 0.29) is 17.8 Å². The number of halogens is 1. The fourth-order valence-corrected chi connectivity index (χ4v) is 3.51. The molecular formula is C20H23FN4O2. The van der Waals surface area contributed by atoms with Crippen molar-refractivity contribution in [2.75, 3.05) is 47.9 Å². The highest BCUT2D eigenvalue weighted by molar-refractivity contribution is 5.93. The van der Waals surface area contributed by atoms with E-state index in [0.29, 0.717) is 12.4 Å². The molecule has 0 bridgehead atoms. The zero-order chi connectivity index (χ0) is 18.6. The third-order valence-corrected chi connectivity index (χ3v) is 5.06. The van der Waals surface area contributed by atoms with E-state index in [9.17, 15) is 9.18 Å². The van der Waals surface area contributed by atoms with Crippen LogP contribution >= 0.6 is 0 Å². The number of aromatic nitrogens is 1. The molecule has 6 nitrogen and oxygen atoms in total. The highest BCUT2D eigenvalue weighted by Gasteiger charge is 2.24. The largest absolute Gasteiger partial charge is 0.368 e. The number of benzene rings is 1. The van der Waals surface area contributed by atoms with Crippen molar-refractivity contribution in [2.45, 2.75) is 18.9 Å². The van der Waals surface area contributed by atoms with Crippen molar-refractivity contribution in [1.82, 2.24) is 4.98 Å². The first-order valence-corrected chi connectivity index (χ1v) is 9.33. The van der Waals surface area contributed by atoms with Crippen LogP contribution < -0.4 is 15.1 Å². The van der Waals surface area contributed by atoms with Crippen molar-refractivity contribution >= 4 is 23.1 Å². The Morgan fingerprint density at radius 3 is 2.30 bits per heavy atom. The molecule has 0 aliphatic carbocycles. The van der Waals surface area contributed by atoms with Gasteiger partial charge in [-0.15, -0.1) is 0 Å². The Hall–Kier alpha value is -2.67. The lowest BCUT2D eigenvalue weighted by Crippen LogP contribution is -2.46. The summed E-state index contributed by atoms with van der Waals surface area (Å²) in [4.78, 5) is 21.0. The third kappa shape index (κ3) is 4.19. The van der Waals surface area contributed by atoms with Gasteiger partial charge < -0.3 is 19.9 Å². The van der Waals surface area contributed by atoms with Gasteiger partial charge in [0.25, 0.3) is 5.91 Å². The highest BCUT2D eigenvalue weighted by atomic mass is 19.1. The molecule has 7 heteroatoms. The molecule has 0 spiro atoms. The molecule has 0 radical (unpaired) electrons. The average molecular weight is 370 g/mol. The van der Waals surface area contributed by atoms with Gasteiger partial charge in [0.05, 0.1) is 11.9 Å². The summed E-state index contributed by atoms with van der Waals surface area (Å²) in [5.74, 6) is 0.208. The van der Waals surface area contributed by atoms with Crippen LogP contribution in [0.2, 0.25) is 0 Å². The molecule has 2 fully saturated rings. The molecule has 1 atom stereocenters. The summed E-state index contributed by atoms with van der Waals surface area (Å²) in [6.07, 6.45) is 3.13. The Morgan fingerprint density at radius 2 is 1.70 bits per heavy atom. The zero-order valence-corrected chi connectivity index (χ0v) is 15.1. The molecule has 1 unspecified atom stereocenters. The average Bonchev–Trinajstić information content (AvgIpc) is 3.24. The van der Waals surface area contributed by atoms with Crippen molar-refractivity contribution in [3.63, 3.8) is 0 Å². The van der Waals surface area contributed by atoms with Crippen LogP contribution in [0.1, 0.15) is 12.8 Å². The van der Waals surface area contributed by atoms with Crippen LogP contribution in [0.15, 0.2) is 42.6 Å². The number of carbonyl (C=O) groups is 1. The Morgan fingerprint density at radius 1 is 1.04 bits per heavy atom. The van der Waals surface area contributed by atoms with E-state index in [2.05, 4.69) is 20.1 Å². The van der Waals surface area contributed by atoms with Gasteiger partial charge in [-0.25, -0.2) is 9.37 Å². The summed E-state index contributed by atoms with van der Waals surface area (Å²) < 4.78 is 18.5. The first-order chi connectivity index (χ1) is 13.2. The van der Waals surface area contributed by atoms with E-state index < -0.39 is 0 Å². The molecular weight excluding hydrogens is 347 g/mol. The molecule has 1 amide bonds.